The minimum atomic E-state index is -0.424. The minimum Gasteiger partial charge on any atom is -0.388 e. The minimum absolute atomic E-state index is 0.424. The molecular weight excluding hydrogens is 220 g/mol. The fraction of sp³-hybridized carbons (Fsp3) is 0.294. The van der Waals surface area contributed by atoms with E-state index < -0.39 is 6.10 Å². The molecule has 0 fully saturated rings. The number of benzene rings is 2. The molecule has 0 saturated heterocycles. The molecule has 0 amide bonds. The summed E-state index contributed by atoms with van der Waals surface area (Å²) >= 11 is 0. The van der Waals surface area contributed by atoms with E-state index in [1.54, 1.807) is 0 Å². The second-order valence-electron chi connectivity index (χ2n) is 5.01. The molecule has 0 aromatic heterocycles. The van der Waals surface area contributed by atoms with E-state index in [0.29, 0.717) is 6.42 Å². The lowest BCUT2D eigenvalue weighted by atomic mass is 9.95. The first-order valence-electron chi connectivity index (χ1n) is 6.37. The van der Waals surface area contributed by atoms with Gasteiger partial charge in [-0.1, -0.05) is 48.0 Å². The molecule has 2 rings (SSSR count). The fourth-order valence-corrected chi connectivity index (χ4v) is 2.36. The van der Waals surface area contributed by atoms with E-state index in [-0.39, 0.29) is 0 Å². The van der Waals surface area contributed by atoms with Crippen LogP contribution in [0.25, 0.3) is 0 Å². The van der Waals surface area contributed by atoms with E-state index in [1.807, 2.05) is 18.2 Å². The molecule has 0 aliphatic heterocycles. The third kappa shape index (κ3) is 2.80. The summed E-state index contributed by atoms with van der Waals surface area (Å²) in [6, 6.07) is 14.4. The van der Waals surface area contributed by atoms with Crippen molar-refractivity contribution in [3.8, 4) is 0 Å². The lowest BCUT2D eigenvalue weighted by Crippen LogP contribution is -2.05. The lowest BCUT2D eigenvalue weighted by Gasteiger charge is -2.15. The number of aryl methyl sites for hydroxylation is 3. The highest BCUT2D eigenvalue weighted by atomic mass is 16.3. The van der Waals surface area contributed by atoms with Gasteiger partial charge in [0.15, 0.2) is 0 Å². The summed E-state index contributed by atoms with van der Waals surface area (Å²) in [5.41, 5.74) is 5.88. The predicted octanol–water partition coefficient (Wildman–Crippen LogP) is 3.89. The van der Waals surface area contributed by atoms with Crippen molar-refractivity contribution in [2.75, 3.05) is 0 Å². The van der Waals surface area contributed by atoms with Crippen LogP contribution >= 0.6 is 0 Å². The molecule has 1 unspecified atom stereocenters. The molecule has 1 atom stereocenters. The van der Waals surface area contributed by atoms with Gasteiger partial charge in [0.25, 0.3) is 0 Å². The topological polar surface area (TPSA) is 20.2 Å². The summed E-state index contributed by atoms with van der Waals surface area (Å²) < 4.78 is 0. The number of aliphatic hydroxyl groups is 1. The molecule has 0 spiro atoms. The molecule has 1 N–H and O–H groups in total. The van der Waals surface area contributed by atoms with E-state index in [2.05, 4.69) is 45.0 Å². The molecule has 0 aliphatic carbocycles. The average molecular weight is 240 g/mol. The molecule has 1 nitrogen and oxygen atoms in total. The maximum Gasteiger partial charge on any atom is 0.0833 e. The van der Waals surface area contributed by atoms with Crippen LogP contribution in [0.1, 0.15) is 33.9 Å². The number of hydrogen-bond acceptors (Lipinski definition) is 1. The quantitative estimate of drug-likeness (QED) is 0.863. The van der Waals surface area contributed by atoms with Gasteiger partial charge >= 0.3 is 0 Å². The number of rotatable bonds is 3. The Kier molecular flexibility index (Phi) is 3.83. The van der Waals surface area contributed by atoms with Crippen LogP contribution in [0.4, 0.5) is 0 Å². The molecule has 2 aromatic carbocycles. The highest BCUT2D eigenvalue weighted by Crippen LogP contribution is 2.23. The highest BCUT2D eigenvalue weighted by Gasteiger charge is 2.12. The fourth-order valence-electron chi connectivity index (χ4n) is 2.36. The third-order valence-corrected chi connectivity index (χ3v) is 3.46. The summed E-state index contributed by atoms with van der Waals surface area (Å²) in [5.74, 6) is 0. The summed E-state index contributed by atoms with van der Waals surface area (Å²) in [6.07, 6.45) is 0.253. The van der Waals surface area contributed by atoms with Gasteiger partial charge in [-0.25, -0.2) is 0 Å². The smallest absolute Gasteiger partial charge is 0.0833 e. The molecule has 0 saturated carbocycles. The predicted molar refractivity (Wildman–Crippen MR) is 75.8 cm³/mol. The Morgan fingerprint density at radius 3 is 2.33 bits per heavy atom. The van der Waals surface area contributed by atoms with E-state index in [0.717, 1.165) is 11.1 Å². The molecule has 1 heteroatoms. The van der Waals surface area contributed by atoms with Crippen molar-refractivity contribution >= 4 is 0 Å². The van der Waals surface area contributed by atoms with Crippen molar-refractivity contribution in [2.45, 2.75) is 33.3 Å². The van der Waals surface area contributed by atoms with Crippen LogP contribution in [0.5, 0.6) is 0 Å². The largest absolute Gasteiger partial charge is 0.388 e. The first-order valence-corrected chi connectivity index (χ1v) is 6.37. The van der Waals surface area contributed by atoms with Gasteiger partial charge < -0.3 is 5.11 Å². The molecule has 0 heterocycles. The van der Waals surface area contributed by atoms with Gasteiger partial charge in [-0.3, -0.25) is 0 Å². The van der Waals surface area contributed by atoms with Crippen molar-refractivity contribution < 1.29 is 5.11 Å². The van der Waals surface area contributed by atoms with Gasteiger partial charge in [-0.2, -0.15) is 0 Å². The van der Waals surface area contributed by atoms with Crippen molar-refractivity contribution in [1.82, 2.24) is 0 Å². The summed E-state index contributed by atoms with van der Waals surface area (Å²) in [6.45, 7) is 6.22. The van der Waals surface area contributed by atoms with Crippen molar-refractivity contribution in [3.05, 3.63) is 70.3 Å². The standard InChI is InChI=1S/C17H20O/c1-12-8-9-16(14(3)10-12)17(18)11-15-7-5-4-6-13(15)2/h4-10,17-18H,11H2,1-3H3. The molecule has 2 aromatic rings. The third-order valence-electron chi connectivity index (χ3n) is 3.46. The second-order valence-corrected chi connectivity index (χ2v) is 5.01. The number of aliphatic hydroxyl groups excluding tert-OH is 1. The number of hydrogen-bond donors (Lipinski definition) is 1. The van der Waals surface area contributed by atoms with Crippen LogP contribution in [0.3, 0.4) is 0 Å². The Labute approximate surface area is 109 Å². The Morgan fingerprint density at radius 2 is 1.67 bits per heavy atom. The van der Waals surface area contributed by atoms with Crippen molar-refractivity contribution in [2.24, 2.45) is 0 Å². The van der Waals surface area contributed by atoms with Gasteiger partial charge in [0.2, 0.25) is 0 Å². The summed E-state index contributed by atoms with van der Waals surface area (Å²) in [4.78, 5) is 0. The average Bonchev–Trinajstić information content (AvgIpc) is 2.32. The van der Waals surface area contributed by atoms with E-state index in [9.17, 15) is 5.11 Å². The Morgan fingerprint density at radius 1 is 0.944 bits per heavy atom. The van der Waals surface area contributed by atoms with Crippen LogP contribution < -0.4 is 0 Å². The van der Waals surface area contributed by atoms with Crippen LogP contribution in [0, 0.1) is 20.8 Å². The van der Waals surface area contributed by atoms with E-state index >= 15 is 0 Å². The first-order chi connectivity index (χ1) is 8.58. The summed E-state index contributed by atoms with van der Waals surface area (Å²) in [5, 5.41) is 10.4. The Bertz CT molecular complexity index is 543. The van der Waals surface area contributed by atoms with Gasteiger partial charge in [-0.15, -0.1) is 0 Å². The van der Waals surface area contributed by atoms with Crippen LogP contribution in [-0.4, -0.2) is 5.11 Å². The maximum atomic E-state index is 10.4. The molecule has 94 valence electrons. The van der Waals surface area contributed by atoms with Crippen LogP contribution in [0.2, 0.25) is 0 Å². The SMILES string of the molecule is Cc1ccc(C(O)Cc2ccccc2C)c(C)c1. The molecule has 0 bridgehead atoms. The second kappa shape index (κ2) is 5.36. The molecule has 0 aliphatic rings. The molecule has 18 heavy (non-hydrogen) atoms. The summed E-state index contributed by atoms with van der Waals surface area (Å²) in [7, 11) is 0. The molecule has 0 radical (unpaired) electrons. The zero-order valence-electron chi connectivity index (χ0n) is 11.3. The van der Waals surface area contributed by atoms with Gasteiger partial charge in [0, 0.05) is 6.42 Å². The Hall–Kier alpha value is -1.60. The van der Waals surface area contributed by atoms with Crippen LogP contribution in [-0.2, 0) is 6.42 Å². The van der Waals surface area contributed by atoms with Gasteiger partial charge in [-0.05, 0) is 43.0 Å². The van der Waals surface area contributed by atoms with Crippen LogP contribution in [0.15, 0.2) is 42.5 Å². The van der Waals surface area contributed by atoms with Crippen molar-refractivity contribution in [1.29, 1.82) is 0 Å². The van der Waals surface area contributed by atoms with Gasteiger partial charge in [0.1, 0.15) is 0 Å². The lowest BCUT2D eigenvalue weighted by molar-refractivity contribution is 0.177. The van der Waals surface area contributed by atoms with E-state index in [1.165, 1.54) is 16.7 Å². The monoisotopic (exact) mass is 240 g/mol. The Balaban J connectivity index is 2.22. The maximum absolute atomic E-state index is 10.4. The van der Waals surface area contributed by atoms with Crippen molar-refractivity contribution in [3.63, 3.8) is 0 Å². The highest BCUT2D eigenvalue weighted by molar-refractivity contribution is 5.34. The normalized spacial score (nSPS) is 12.4. The van der Waals surface area contributed by atoms with E-state index in [4.69, 9.17) is 0 Å². The first kappa shape index (κ1) is 12.8. The zero-order chi connectivity index (χ0) is 13.1. The zero-order valence-corrected chi connectivity index (χ0v) is 11.3. The van der Waals surface area contributed by atoms with Gasteiger partial charge in [0.05, 0.1) is 6.10 Å². The molecular formula is C17H20O.